The maximum atomic E-state index is 12.8. The minimum Gasteiger partial charge on any atom is -0.384 e. The zero-order valence-corrected chi connectivity index (χ0v) is 15.3. The lowest BCUT2D eigenvalue weighted by Crippen LogP contribution is -2.47. The number of carbonyl (C=O) groups excluding carboxylic acids is 1. The van der Waals surface area contributed by atoms with E-state index in [0.29, 0.717) is 30.9 Å². The van der Waals surface area contributed by atoms with Gasteiger partial charge >= 0.3 is 0 Å². The highest BCUT2D eigenvalue weighted by Crippen LogP contribution is 2.31. The third-order valence-corrected chi connectivity index (χ3v) is 6.84. The molecule has 1 aromatic rings. The SMILES string of the molecule is COCC1(C(=O)Nc2ccc(N3CCCS3(=O)=O)cc2)CCNCC1. The van der Waals surface area contributed by atoms with Gasteiger partial charge in [0, 0.05) is 19.3 Å². The van der Waals surface area contributed by atoms with Gasteiger partial charge in [0.05, 0.1) is 23.5 Å². The Morgan fingerprint density at radius 1 is 1.28 bits per heavy atom. The van der Waals surface area contributed by atoms with Crippen LogP contribution >= 0.6 is 0 Å². The third-order valence-electron chi connectivity index (χ3n) is 4.98. The molecule has 3 rings (SSSR count). The van der Waals surface area contributed by atoms with Gasteiger partial charge in [-0.1, -0.05) is 0 Å². The molecule has 2 aliphatic rings. The Bertz CT molecular complexity index is 706. The van der Waals surface area contributed by atoms with Gasteiger partial charge in [-0.05, 0) is 56.6 Å². The molecule has 0 unspecified atom stereocenters. The summed E-state index contributed by atoms with van der Waals surface area (Å²) in [5.41, 5.74) is 0.792. The number of piperidine rings is 1. The van der Waals surface area contributed by atoms with Gasteiger partial charge in [-0.3, -0.25) is 9.10 Å². The van der Waals surface area contributed by atoms with Crippen molar-refractivity contribution in [3.63, 3.8) is 0 Å². The number of amides is 1. The second-order valence-electron chi connectivity index (χ2n) is 6.71. The number of anilines is 2. The average molecular weight is 367 g/mol. The smallest absolute Gasteiger partial charge is 0.235 e. The number of sulfonamides is 1. The van der Waals surface area contributed by atoms with E-state index in [-0.39, 0.29) is 11.7 Å². The zero-order chi connectivity index (χ0) is 17.9. The first-order valence-electron chi connectivity index (χ1n) is 8.58. The fourth-order valence-corrected chi connectivity index (χ4v) is 5.09. The Morgan fingerprint density at radius 3 is 2.52 bits per heavy atom. The molecule has 0 atom stereocenters. The molecule has 0 radical (unpaired) electrons. The quantitative estimate of drug-likeness (QED) is 0.816. The Hall–Kier alpha value is -1.64. The first-order chi connectivity index (χ1) is 12.0. The summed E-state index contributed by atoms with van der Waals surface area (Å²) < 4.78 is 30.7. The number of hydrogen-bond acceptors (Lipinski definition) is 5. The van der Waals surface area contributed by atoms with Crippen LogP contribution in [-0.4, -0.2) is 53.4 Å². The molecule has 25 heavy (non-hydrogen) atoms. The van der Waals surface area contributed by atoms with E-state index < -0.39 is 15.4 Å². The molecule has 0 aromatic heterocycles. The minimum atomic E-state index is -3.19. The van der Waals surface area contributed by atoms with Gasteiger partial charge in [0.1, 0.15) is 0 Å². The van der Waals surface area contributed by atoms with Crippen molar-refractivity contribution in [3.05, 3.63) is 24.3 Å². The lowest BCUT2D eigenvalue weighted by atomic mass is 9.78. The van der Waals surface area contributed by atoms with Crippen LogP contribution in [0.4, 0.5) is 11.4 Å². The number of carbonyl (C=O) groups is 1. The molecule has 7 nitrogen and oxygen atoms in total. The predicted octanol–water partition coefficient (Wildman–Crippen LogP) is 1.18. The van der Waals surface area contributed by atoms with Crippen molar-refractivity contribution in [3.8, 4) is 0 Å². The highest BCUT2D eigenvalue weighted by molar-refractivity contribution is 7.93. The minimum absolute atomic E-state index is 0.0441. The molecule has 2 heterocycles. The van der Waals surface area contributed by atoms with Crippen LogP contribution in [0.15, 0.2) is 24.3 Å². The van der Waals surface area contributed by atoms with Crippen molar-refractivity contribution in [2.24, 2.45) is 5.41 Å². The molecular formula is C17H25N3O4S. The fraction of sp³-hybridized carbons (Fsp3) is 0.588. The van der Waals surface area contributed by atoms with E-state index in [1.807, 2.05) is 0 Å². The summed E-state index contributed by atoms with van der Waals surface area (Å²) in [5, 5.41) is 6.23. The molecule has 2 N–H and O–H groups in total. The number of benzene rings is 1. The van der Waals surface area contributed by atoms with Crippen LogP contribution in [0.3, 0.4) is 0 Å². The number of hydrogen-bond donors (Lipinski definition) is 2. The predicted molar refractivity (Wildman–Crippen MR) is 97.2 cm³/mol. The lowest BCUT2D eigenvalue weighted by Gasteiger charge is -2.35. The molecule has 2 saturated heterocycles. The van der Waals surface area contributed by atoms with E-state index in [1.54, 1.807) is 31.4 Å². The largest absolute Gasteiger partial charge is 0.384 e. The van der Waals surface area contributed by atoms with Crippen LogP contribution in [-0.2, 0) is 19.6 Å². The molecule has 0 bridgehead atoms. The molecule has 1 amide bonds. The Balaban J connectivity index is 1.71. The Labute approximate surface area is 148 Å². The summed E-state index contributed by atoms with van der Waals surface area (Å²) >= 11 is 0. The van der Waals surface area contributed by atoms with Crippen LogP contribution in [0.2, 0.25) is 0 Å². The number of ether oxygens (including phenoxy) is 1. The number of nitrogens with zero attached hydrogens (tertiary/aromatic N) is 1. The van der Waals surface area contributed by atoms with Crippen molar-refractivity contribution >= 4 is 27.3 Å². The summed E-state index contributed by atoms with van der Waals surface area (Å²) in [4.78, 5) is 12.8. The highest BCUT2D eigenvalue weighted by atomic mass is 32.2. The van der Waals surface area contributed by atoms with Gasteiger partial charge in [0.15, 0.2) is 0 Å². The van der Waals surface area contributed by atoms with E-state index in [4.69, 9.17) is 4.74 Å². The van der Waals surface area contributed by atoms with Crippen molar-refractivity contribution in [2.75, 3.05) is 48.7 Å². The van der Waals surface area contributed by atoms with Crippen molar-refractivity contribution < 1.29 is 17.9 Å². The zero-order valence-electron chi connectivity index (χ0n) is 14.5. The number of methoxy groups -OCH3 is 1. The van der Waals surface area contributed by atoms with Crippen LogP contribution < -0.4 is 14.9 Å². The second kappa shape index (κ2) is 7.31. The highest BCUT2D eigenvalue weighted by Gasteiger charge is 2.39. The molecule has 0 saturated carbocycles. The van der Waals surface area contributed by atoms with E-state index in [1.165, 1.54) is 4.31 Å². The molecule has 0 aliphatic carbocycles. The first kappa shape index (κ1) is 18.2. The molecular weight excluding hydrogens is 342 g/mol. The number of rotatable bonds is 5. The van der Waals surface area contributed by atoms with Crippen molar-refractivity contribution in [1.82, 2.24) is 5.32 Å². The average Bonchev–Trinajstić information content (AvgIpc) is 2.96. The van der Waals surface area contributed by atoms with Crippen molar-refractivity contribution in [1.29, 1.82) is 0 Å². The normalized spacial score (nSPS) is 21.9. The second-order valence-corrected chi connectivity index (χ2v) is 8.72. The molecule has 0 spiro atoms. The Morgan fingerprint density at radius 2 is 1.96 bits per heavy atom. The van der Waals surface area contributed by atoms with Crippen LogP contribution in [0, 0.1) is 5.41 Å². The van der Waals surface area contributed by atoms with Gasteiger partial charge in [-0.2, -0.15) is 0 Å². The van der Waals surface area contributed by atoms with Gasteiger partial charge in [-0.25, -0.2) is 8.42 Å². The van der Waals surface area contributed by atoms with Gasteiger partial charge in [-0.15, -0.1) is 0 Å². The molecule has 138 valence electrons. The Kier molecular flexibility index (Phi) is 5.31. The maximum absolute atomic E-state index is 12.8. The van der Waals surface area contributed by atoms with Crippen LogP contribution in [0.25, 0.3) is 0 Å². The lowest BCUT2D eigenvalue weighted by molar-refractivity contribution is -0.130. The summed E-state index contributed by atoms with van der Waals surface area (Å²) in [5.74, 6) is 0.149. The molecule has 1 aromatic carbocycles. The molecule has 8 heteroatoms. The van der Waals surface area contributed by atoms with Crippen LogP contribution in [0.1, 0.15) is 19.3 Å². The fourth-order valence-electron chi connectivity index (χ4n) is 3.52. The molecule has 2 aliphatic heterocycles. The summed E-state index contributed by atoms with van der Waals surface area (Å²) in [6.45, 7) is 2.49. The first-order valence-corrected chi connectivity index (χ1v) is 10.2. The van der Waals surface area contributed by atoms with E-state index in [9.17, 15) is 13.2 Å². The van der Waals surface area contributed by atoms with Gasteiger partial charge in [0.2, 0.25) is 15.9 Å². The van der Waals surface area contributed by atoms with Gasteiger partial charge in [0.25, 0.3) is 0 Å². The third kappa shape index (κ3) is 3.80. The summed E-state index contributed by atoms with van der Waals surface area (Å²) in [6, 6.07) is 6.99. The topological polar surface area (TPSA) is 87.7 Å². The maximum Gasteiger partial charge on any atom is 0.235 e. The number of nitrogens with one attached hydrogen (secondary N) is 2. The van der Waals surface area contributed by atoms with E-state index in [0.717, 1.165) is 25.9 Å². The summed E-state index contributed by atoms with van der Waals surface area (Å²) in [7, 11) is -1.57. The van der Waals surface area contributed by atoms with Crippen molar-refractivity contribution in [2.45, 2.75) is 19.3 Å². The van der Waals surface area contributed by atoms with E-state index >= 15 is 0 Å². The standard InChI is InChI=1S/C17H25N3O4S/c1-24-13-17(7-9-18-10-8-17)16(21)19-14-3-5-15(6-4-14)20-11-2-12-25(20,22)23/h3-6,18H,2,7-13H2,1H3,(H,19,21). The monoisotopic (exact) mass is 367 g/mol. The summed E-state index contributed by atoms with van der Waals surface area (Å²) in [6.07, 6.45) is 2.11. The molecule has 2 fully saturated rings. The van der Waals surface area contributed by atoms with E-state index in [2.05, 4.69) is 10.6 Å². The van der Waals surface area contributed by atoms with Crippen LogP contribution in [0.5, 0.6) is 0 Å². The van der Waals surface area contributed by atoms with Gasteiger partial charge < -0.3 is 15.4 Å².